The van der Waals surface area contributed by atoms with Crippen LogP contribution in [-0.4, -0.2) is 31.5 Å². The summed E-state index contributed by atoms with van der Waals surface area (Å²) in [6, 6.07) is 19.6. The second-order valence-electron chi connectivity index (χ2n) is 7.87. The van der Waals surface area contributed by atoms with Crippen LogP contribution in [-0.2, 0) is 0 Å². The molecule has 6 nitrogen and oxygen atoms in total. The van der Waals surface area contributed by atoms with E-state index >= 15 is 0 Å². The van der Waals surface area contributed by atoms with E-state index in [9.17, 15) is 0 Å². The van der Waals surface area contributed by atoms with E-state index in [0.29, 0.717) is 23.1 Å². The summed E-state index contributed by atoms with van der Waals surface area (Å²) in [5, 5.41) is 7.71. The molecule has 3 aromatic rings. The number of fused-ring (bicyclic) bond motifs is 3. The molecule has 7 heteroatoms. The van der Waals surface area contributed by atoms with Gasteiger partial charge in [0.05, 0.1) is 32.6 Å². The minimum atomic E-state index is -0.413. The minimum Gasteiger partial charge on any atom is -0.494 e. The van der Waals surface area contributed by atoms with Gasteiger partial charge in [-0.2, -0.15) is 5.10 Å². The molecule has 0 unspecified atom stereocenters. The summed E-state index contributed by atoms with van der Waals surface area (Å²) in [5.74, 6) is 2.97. The summed E-state index contributed by atoms with van der Waals surface area (Å²) in [4.78, 5) is 0. The zero-order valence-electron chi connectivity index (χ0n) is 18.7. The topological polar surface area (TPSA) is 52.5 Å². The molecule has 170 valence electrons. The predicted octanol–water partition coefficient (Wildman–Crippen LogP) is 6.00. The Kier molecular flexibility index (Phi) is 5.77. The van der Waals surface area contributed by atoms with Crippen molar-refractivity contribution in [2.75, 3.05) is 20.8 Å². The summed E-state index contributed by atoms with van der Waals surface area (Å²) in [5.41, 5.74) is 4.01. The van der Waals surface area contributed by atoms with Crippen LogP contribution >= 0.6 is 11.6 Å². The van der Waals surface area contributed by atoms with Gasteiger partial charge in [0, 0.05) is 22.6 Å². The zero-order valence-corrected chi connectivity index (χ0v) is 19.5. The number of hydrogen-bond acceptors (Lipinski definition) is 6. The highest BCUT2D eigenvalue weighted by atomic mass is 35.5. The van der Waals surface area contributed by atoms with Crippen LogP contribution in [0.1, 0.15) is 42.3 Å². The molecule has 0 saturated carbocycles. The molecule has 33 heavy (non-hydrogen) atoms. The Bertz CT molecular complexity index is 1200. The lowest BCUT2D eigenvalue weighted by atomic mass is 9.96. The monoisotopic (exact) mass is 464 g/mol. The van der Waals surface area contributed by atoms with Crippen LogP contribution in [0.5, 0.6) is 23.0 Å². The van der Waals surface area contributed by atoms with Gasteiger partial charge < -0.3 is 18.9 Å². The Morgan fingerprint density at radius 1 is 1.00 bits per heavy atom. The normalized spacial score (nSPS) is 18.7. The number of nitrogens with zero attached hydrogens (tertiary/aromatic N) is 2. The van der Waals surface area contributed by atoms with E-state index in [2.05, 4.69) is 0 Å². The van der Waals surface area contributed by atoms with Crippen LogP contribution in [0.25, 0.3) is 0 Å². The van der Waals surface area contributed by atoms with E-state index in [0.717, 1.165) is 40.3 Å². The van der Waals surface area contributed by atoms with Crippen molar-refractivity contribution in [1.29, 1.82) is 0 Å². The van der Waals surface area contributed by atoms with Crippen molar-refractivity contribution in [2.45, 2.75) is 25.6 Å². The van der Waals surface area contributed by atoms with Crippen molar-refractivity contribution in [3.05, 3.63) is 82.4 Å². The molecule has 0 bridgehead atoms. The van der Waals surface area contributed by atoms with E-state index in [4.69, 9.17) is 35.6 Å². The molecule has 0 amide bonds. The van der Waals surface area contributed by atoms with E-state index < -0.39 is 6.23 Å². The molecule has 3 aromatic carbocycles. The second kappa shape index (κ2) is 8.87. The first-order valence-corrected chi connectivity index (χ1v) is 11.3. The van der Waals surface area contributed by atoms with E-state index in [1.807, 2.05) is 72.6 Å². The smallest absolute Gasteiger partial charge is 0.214 e. The third kappa shape index (κ3) is 3.95. The molecule has 0 radical (unpaired) electrons. The number of hydrazone groups is 1. The highest BCUT2D eigenvalue weighted by molar-refractivity contribution is 6.30. The second-order valence-corrected chi connectivity index (χ2v) is 8.31. The maximum atomic E-state index is 6.44. The van der Waals surface area contributed by atoms with E-state index in [1.165, 1.54) is 0 Å². The van der Waals surface area contributed by atoms with Gasteiger partial charge in [0.25, 0.3) is 0 Å². The first kappa shape index (κ1) is 21.5. The third-order valence-electron chi connectivity index (χ3n) is 5.94. The molecular weight excluding hydrogens is 440 g/mol. The minimum absolute atomic E-state index is 0.00659. The standard InChI is InChI=1S/C26H25ClN2O4/c1-4-32-19-9-5-16(6-10-19)21-15-22-20-14-18(27)8-12-23(20)33-26(29(22)28-21)17-7-11-24(30-2)25(13-17)31-3/h5-14,22,26H,4,15H2,1-3H3/t22-,26-/m1/s1. The van der Waals surface area contributed by atoms with E-state index in [-0.39, 0.29) is 6.04 Å². The van der Waals surface area contributed by atoms with Gasteiger partial charge in [0.15, 0.2) is 11.5 Å². The summed E-state index contributed by atoms with van der Waals surface area (Å²) in [7, 11) is 3.25. The molecule has 0 N–H and O–H groups in total. The van der Waals surface area contributed by atoms with Crippen LogP contribution in [0, 0.1) is 0 Å². The van der Waals surface area contributed by atoms with Crippen LogP contribution < -0.4 is 18.9 Å². The van der Waals surface area contributed by atoms with Gasteiger partial charge in [-0.25, -0.2) is 5.01 Å². The van der Waals surface area contributed by atoms with Crippen molar-refractivity contribution in [3.8, 4) is 23.0 Å². The molecule has 0 aliphatic carbocycles. The molecule has 2 heterocycles. The Labute approximate surface area is 198 Å². The van der Waals surface area contributed by atoms with Crippen molar-refractivity contribution >= 4 is 17.3 Å². The lowest BCUT2D eigenvalue weighted by Crippen LogP contribution is -2.33. The average molecular weight is 465 g/mol. The van der Waals surface area contributed by atoms with Gasteiger partial charge in [-0.3, -0.25) is 0 Å². The number of halogens is 1. The SMILES string of the molecule is CCOc1ccc(C2=NN3[C@H](C2)c2cc(Cl)ccc2O[C@@H]3c2ccc(OC)c(OC)c2)cc1. The molecule has 5 rings (SSSR count). The maximum absolute atomic E-state index is 6.44. The third-order valence-corrected chi connectivity index (χ3v) is 6.18. The summed E-state index contributed by atoms with van der Waals surface area (Å²) < 4.78 is 23.0. The highest BCUT2D eigenvalue weighted by Gasteiger charge is 2.41. The quantitative estimate of drug-likeness (QED) is 0.448. The number of benzene rings is 3. The largest absolute Gasteiger partial charge is 0.494 e. The molecule has 2 aliphatic heterocycles. The van der Waals surface area contributed by atoms with Crippen LogP contribution in [0.3, 0.4) is 0 Å². The Balaban J connectivity index is 1.55. The fraction of sp³-hybridized carbons (Fsp3) is 0.269. The van der Waals surface area contributed by atoms with Crippen molar-refractivity contribution < 1.29 is 18.9 Å². The Hall–Kier alpha value is -3.38. The first-order valence-electron chi connectivity index (χ1n) is 10.9. The van der Waals surface area contributed by atoms with Crippen molar-refractivity contribution in [1.82, 2.24) is 5.01 Å². The van der Waals surface area contributed by atoms with Gasteiger partial charge in [-0.05, 0) is 73.2 Å². The lowest BCUT2D eigenvalue weighted by Gasteiger charge is -2.38. The molecular formula is C26H25ClN2O4. The van der Waals surface area contributed by atoms with Gasteiger partial charge in [0.2, 0.25) is 6.23 Å². The van der Waals surface area contributed by atoms with Crippen molar-refractivity contribution in [2.24, 2.45) is 5.10 Å². The first-order chi connectivity index (χ1) is 16.1. The summed E-state index contributed by atoms with van der Waals surface area (Å²) in [6.07, 6.45) is 0.331. The van der Waals surface area contributed by atoms with Crippen LogP contribution in [0.4, 0.5) is 0 Å². The number of hydrogen-bond donors (Lipinski definition) is 0. The fourth-order valence-corrected chi connectivity index (χ4v) is 4.55. The number of methoxy groups -OCH3 is 2. The molecule has 0 spiro atoms. The molecule has 0 aromatic heterocycles. The lowest BCUT2D eigenvalue weighted by molar-refractivity contribution is -0.0191. The van der Waals surface area contributed by atoms with Gasteiger partial charge >= 0.3 is 0 Å². The summed E-state index contributed by atoms with van der Waals surface area (Å²) in [6.45, 7) is 2.61. The van der Waals surface area contributed by atoms with Gasteiger partial charge in [-0.1, -0.05) is 11.6 Å². The zero-order chi connectivity index (χ0) is 22.9. The molecule has 2 aliphatic rings. The van der Waals surface area contributed by atoms with Crippen LogP contribution in [0.2, 0.25) is 5.02 Å². The predicted molar refractivity (Wildman–Crippen MR) is 128 cm³/mol. The fourth-order valence-electron chi connectivity index (χ4n) is 4.37. The molecule has 2 atom stereocenters. The maximum Gasteiger partial charge on any atom is 0.214 e. The molecule has 0 saturated heterocycles. The Morgan fingerprint density at radius 2 is 1.79 bits per heavy atom. The number of ether oxygens (including phenoxy) is 4. The van der Waals surface area contributed by atoms with Crippen molar-refractivity contribution in [3.63, 3.8) is 0 Å². The number of rotatable bonds is 6. The van der Waals surface area contributed by atoms with Crippen LogP contribution in [0.15, 0.2) is 65.8 Å². The Morgan fingerprint density at radius 3 is 2.52 bits per heavy atom. The average Bonchev–Trinajstić information content (AvgIpc) is 3.30. The van der Waals surface area contributed by atoms with Gasteiger partial charge in [-0.15, -0.1) is 0 Å². The molecule has 0 fully saturated rings. The van der Waals surface area contributed by atoms with E-state index in [1.54, 1.807) is 14.2 Å². The van der Waals surface area contributed by atoms with Gasteiger partial charge in [0.1, 0.15) is 11.5 Å². The summed E-state index contributed by atoms with van der Waals surface area (Å²) >= 11 is 6.34. The highest BCUT2D eigenvalue weighted by Crippen LogP contribution is 2.49.